The Balaban J connectivity index is 1.54. The molecule has 0 saturated carbocycles. The van der Waals surface area contributed by atoms with E-state index in [1.54, 1.807) is 44.3 Å². The molecule has 0 radical (unpaired) electrons. The highest BCUT2D eigenvalue weighted by molar-refractivity contribution is 6.08. The van der Waals surface area contributed by atoms with E-state index >= 15 is 4.39 Å². The van der Waals surface area contributed by atoms with E-state index in [2.05, 4.69) is 15.3 Å². The van der Waals surface area contributed by atoms with Gasteiger partial charge in [0.1, 0.15) is 11.3 Å². The Hall–Kier alpha value is -5.06. The van der Waals surface area contributed by atoms with Crippen LogP contribution in [0.4, 0.5) is 10.1 Å². The molecule has 5 aromatic rings. The number of fused-ring (bicyclic) bond motifs is 1. The van der Waals surface area contributed by atoms with Crippen molar-refractivity contribution in [3.05, 3.63) is 93.9 Å². The van der Waals surface area contributed by atoms with Gasteiger partial charge in [0.2, 0.25) is 5.91 Å². The number of halogens is 1. The number of nitrogens with two attached hydrogens (primary N) is 1. The summed E-state index contributed by atoms with van der Waals surface area (Å²) in [5, 5.41) is 2.64. The molecule has 2 amide bonds. The Morgan fingerprint density at radius 1 is 1.14 bits per heavy atom. The second kappa shape index (κ2) is 8.86. The molecule has 186 valence electrons. The quantitative estimate of drug-likeness (QED) is 0.379. The fourth-order valence-corrected chi connectivity index (χ4v) is 4.19. The van der Waals surface area contributed by atoms with E-state index in [1.165, 1.54) is 36.0 Å². The number of amides is 2. The number of carbonyl (C=O) groups is 2. The number of anilines is 1. The smallest absolute Gasteiger partial charge is 0.290 e. The molecule has 0 spiro atoms. The second-order valence-corrected chi connectivity index (χ2v) is 8.50. The number of primary amides is 1. The maximum absolute atomic E-state index is 15.7. The molecule has 3 N–H and O–H groups in total. The molecule has 0 saturated heterocycles. The zero-order valence-electron chi connectivity index (χ0n) is 20.1. The first kappa shape index (κ1) is 23.7. The van der Waals surface area contributed by atoms with E-state index in [4.69, 9.17) is 10.3 Å². The Bertz CT molecular complexity index is 1760. The van der Waals surface area contributed by atoms with E-state index in [9.17, 15) is 14.4 Å². The van der Waals surface area contributed by atoms with Gasteiger partial charge in [-0.1, -0.05) is 12.1 Å². The average molecular weight is 500 g/mol. The predicted octanol–water partition coefficient (Wildman–Crippen LogP) is 3.46. The Kier molecular flexibility index (Phi) is 5.67. The number of carbonyl (C=O) groups excluding carboxylic acids is 2. The van der Waals surface area contributed by atoms with Crippen LogP contribution in [0.1, 0.15) is 32.3 Å². The fraction of sp³-hybridized carbons (Fsp3) is 0.115. The zero-order chi connectivity index (χ0) is 26.4. The highest BCUT2D eigenvalue weighted by atomic mass is 19.1. The molecule has 5 rings (SSSR count). The van der Waals surface area contributed by atoms with Crippen LogP contribution in [0.3, 0.4) is 0 Å². The van der Waals surface area contributed by atoms with E-state index in [-0.39, 0.29) is 27.9 Å². The predicted molar refractivity (Wildman–Crippen MR) is 134 cm³/mol. The van der Waals surface area contributed by atoms with Crippen LogP contribution in [0, 0.1) is 19.7 Å². The van der Waals surface area contributed by atoms with Crippen molar-refractivity contribution < 1.29 is 18.5 Å². The van der Waals surface area contributed by atoms with Crippen molar-refractivity contribution in [2.24, 2.45) is 12.8 Å². The minimum atomic E-state index is -0.681. The summed E-state index contributed by atoms with van der Waals surface area (Å²) in [7, 11) is 1.51. The fourth-order valence-electron chi connectivity index (χ4n) is 4.19. The molecule has 0 unspecified atom stereocenters. The number of hydrogen-bond acceptors (Lipinski definition) is 6. The molecule has 37 heavy (non-hydrogen) atoms. The third kappa shape index (κ3) is 4.16. The first-order valence-corrected chi connectivity index (χ1v) is 11.2. The van der Waals surface area contributed by atoms with Crippen molar-refractivity contribution in [1.82, 2.24) is 19.1 Å². The van der Waals surface area contributed by atoms with Crippen LogP contribution in [-0.2, 0) is 7.05 Å². The highest BCUT2D eigenvalue weighted by Crippen LogP contribution is 2.30. The number of aryl methyl sites for hydroxylation is 3. The molecule has 0 aliphatic rings. The number of nitrogens with zero attached hydrogens (tertiary/aromatic N) is 4. The van der Waals surface area contributed by atoms with Gasteiger partial charge >= 0.3 is 0 Å². The van der Waals surface area contributed by atoms with Crippen LogP contribution in [-0.4, -0.2) is 30.9 Å². The van der Waals surface area contributed by atoms with E-state index < -0.39 is 17.6 Å². The van der Waals surface area contributed by atoms with Gasteiger partial charge in [-0.2, -0.15) is 4.74 Å². The topological polar surface area (TPSA) is 138 Å². The minimum Gasteiger partial charge on any atom is -0.381 e. The van der Waals surface area contributed by atoms with Gasteiger partial charge in [0, 0.05) is 42.5 Å². The molecule has 4 heterocycles. The molecule has 0 bridgehead atoms. The SMILES string of the molecule is Cc1cn2cc(-c3ccc(-c4c(C)on(C)c4=O)cn3)c(F)c2c(C(=O)Nc2cccc(C(N)=O)c2)n1. The monoisotopic (exact) mass is 500 g/mol. The molecule has 11 heteroatoms. The van der Waals surface area contributed by atoms with Gasteiger partial charge in [-0.15, -0.1) is 0 Å². The number of benzene rings is 1. The minimum absolute atomic E-state index is 0.0328. The van der Waals surface area contributed by atoms with Gasteiger partial charge in [0.25, 0.3) is 11.5 Å². The van der Waals surface area contributed by atoms with Crippen LogP contribution in [0.2, 0.25) is 0 Å². The summed E-state index contributed by atoms with van der Waals surface area (Å²) in [6, 6.07) is 9.34. The maximum atomic E-state index is 15.7. The third-order valence-corrected chi connectivity index (χ3v) is 5.88. The normalized spacial score (nSPS) is 11.1. The van der Waals surface area contributed by atoms with E-state index in [0.717, 1.165) is 4.74 Å². The summed E-state index contributed by atoms with van der Waals surface area (Å²) in [6.45, 7) is 3.36. The van der Waals surface area contributed by atoms with Crippen molar-refractivity contribution in [2.45, 2.75) is 13.8 Å². The Morgan fingerprint density at radius 2 is 1.92 bits per heavy atom. The van der Waals surface area contributed by atoms with Gasteiger partial charge in [-0.25, -0.2) is 9.37 Å². The molecular weight excluding hydrogens is 479 g/mol. The number of hydrogen-bond donors (Lipinski definition) is 2. The van der Waals surface area contributed by atoms with Crippen LogP contribution in [0.15, 0.2) is 64.3 Å². The lowest BCUT2D eigenvalue weighted by Crippen LogP contribution is -2.17. The molecule has 0 aliphatic carbocycles. The summed E-state index contributed by atoms with van der Waals surface area (Å²) in [6.07, 6.45) is 4.59. The van der Waals surface area contributed by atoms with Gasteiger partial charge < -0.3 is 20.0 Å². The van der Waals surface area contributed by atoms with Crippen molar-refractivity contribution >= 4 is 23.0 Å². The summed E-state index contributed by atoms with van der Waals surface area (Å²) >= 11 is 0. The summed E-state index contributed by atoms with van der Waals surface area (Å²) in [5.74, 6) is -1.54. The molecule has 0 aliphatic heterocycles. The number of pyridine rings is 1. The van der Waals surface area contributed by atoms with E-state index in [1.807, 2.05) is 0 Å². The standard InChI is InChI=1S/C26H21FN6O4/c1-13-11-33-12-18(19-8-7-16(10-29-19)20-14(2)37-32(3)26(20)36)21(27)23(33)22(30-13)25(35)31-17-6-4-5-15(9-17)24(28)34/h4-12H,1-3H3,(H2,28,34)(H,31,35). The summed E-state index contributed by atoms with van der Waals surface area (Å²) in [5.41, 5.74) is 7.23. The van der Waals surface area contributed by atoms with Gasteiger partial charge in [-0.05, 0) is 38.1 Å². The lowest BCUT2D eigenvalue weighted by Gasteiger charge is -2.08. The Labute approximate surface area is 209 Å². The van der Waals surface area contributed by atoms with Crippen LogP contribution < -0.4 is 16.6 Å². The van der Waals surface area contributed by atoms with E-state index in [0.29, 0.717) is 34.0 Å². The molecular formula is C26H21FN6O4. The molecule has 4 aromatic heterocycles. The van der Waals surface area contributed by atoms with Crippen molar-refractivity contribution in [3.8, 4) is 22.4 Å². The van der Waals surface area contributed by atoms with Gasteiger partial charge in [0.15, 0.2) is 11.5 Å². The number of nitrogens with one attached hydrogen (secondary N) is 1. The zero-order valence-corrected chi connectivity index (χ0v) is 20.1. The highest BCUT2D eigenvalue weighted by Gasteiger charge is 2.23. The van der Waals surface area contributed by atoms with Crippen molar-refractivity contribution in [1.29, 1.82) is 0 Å². The summed E-state index contributed by atoms with van der Waals surface area (Å²) in [4.78, 5) is 45.5. The third-order valence-electron chi connectivity index (χ3n) is 5.88. The molecule has 0 atom stereocenters. The lowest BCUT2D eigenvalue weighted by atomic mass is 10.1. The lowest BCUT2D eigenvalue weighted by molar-refractivity contribution is 0.0995. The van der Waals surface area contributed by atoms with Gasteiger partial charge in [-0.3, -0.25) is 19.4 Å². The van der Waals surface area contributed by atoms with Crippen molar-refractivity contribution in [3.63, 3.8) is 0 Å². The van der Waals surface area contributed by atoms with Crippen molar-refractivity contribution in [2.75, 3.05) is 5.32 Å². The maximum Gasteiger partial charge on any atom is 0.290 e. The first-order valence-electron chi connectivity index (χ1n) is 11.2. The molecule has 10 nitrogen and oxygen atoms in total. The number of aromatic nitrogens is 4. The molecule has 0 fully saturated rings. The largest absolute Gasteiger partial charge is 0.381 e. The van der Waals surface area contributed by atoms with Gasteiger partial charge in [0.05, 0.1) is 22.5 Å². The average Bonchev–Trinajstić information content (AvgIpc) is 3.32. The van der Waals surface area contributed by atoms with Crippen LogP contribution >= 0.6 is 0 Å². The summed E-state index contributed by atoms with van der Waals surface area (Å²) < 4.78 is 23.7. The molecule has 1 aromatic carbocycles. The van der Waals surface area contributed by atoms with Crippen LogP contribution in [0.25, 0.3) is 27.9 Å². The number of rotatable bonds is 5. The first-order chi connectivity index (χ1) is 17.6. The second-order valence-electron chi connectivity index (χ2n) is 8.50. The van der Waals surface area contributed by atoms with Crippen LogP contribution in [0.5, 0.6) is 0 Å². The Morgan fingerprint density at radius 3 is 2.57 bits per heavy atom.